The molecule has 0 saturated heterocycles. The van der Waals surface area contributed by atoms with Gasteiger partial charge < -0.3 is 6.53 Å². The summed E-state index contributed by atoms with van der Waals surface area (Å²) in [6.07, 6.45) is 0. The number of hydrogen-bond donors (Lipinski definition) is 1. The van der Waals surface area contributed by atoms with Gasteiger partial charge in [-0.2, -0.15) is 0 Å². The Morgan fingerprint density at radius 2 is 2.43 bits per heavy atom. The molecule has 34 valence electrons. The smallest absolute Gasteiger partial charge is 1.00 e. The predicted octanol–water partition coefficient (Wildman–Crippen LogP) is -1.43. The summed E-state index contributed by atoms with van der Waals surface area (Å²) in [6, 6.07) is 3.46. The quantitative estimate of drug-likeness (QED) is 0.420. The van der Waals surface area contributed by atoms with Gasteiger partial charge in [-0.05, 0) is 17.5 Å². The first-order chi connectivity index (χ1) is 2.89. The van der Waals surface area contributed by atoms with Gasteiger partial charge in [-0.15, -0.1) is 11.3 Å². The fourth-order valence-electron chi connectivity index (χ4n) is 0.270. The average molecular weight is 124 g/mol. The van der Waals surface area contributed by atoms with E-state index in [1.807, 2.05) is 5.38 Å². The zero-order chi connectivity index (χ0) is 4.41. The van der Waals surface area contributed by atoms with Crippen LogP contribution in [0.2, 0.25) is 0 Å². The van der Waals surface area contributed by atoms with E-state index >= 15 is 0 Å². The van der Waals surface area contributed by atoms with Crippen LogP contribution in [0.15, 0.2) is 17.5 Å². The van der Waals surface area contributed by atoms with Crippen LogP contribution in [0.3, 0.4) is 0 Å². The molecule has 0 fully saturated rings. The molecule has 1 heterocycles. The van der Waals surface area contributed by atoms with E-state index in [1.54, 1.807) is 12.1 Å². The van der Waals surface area contributed by atoms with Crippen LogP contribution < -0.4 is 29.6 Å². The fraction of sp³-hybridized carbons (Fsp3) is 0. The van der Waals surface area contributed by atoms with Gasteiger partial charge in [-0.3, -0.25) is 0 Å². The van der Waals surface area contributed by atoms with E-state index in [0.717, 1.165) is 0 Å². The van der Waals surface area contributed by atoms with Gasteiger partial charge in [0.1, 0.15) is 0 Å². The van der Waals surface area contributed by atoms with Crippen molar-refractivity contribution in [3.8, 4) is 5.06 Å². The second-order valence-corrected chi connectivity index (χ2v) is 1.88. The molecule has 1 aromatic rings. The molecular formula is C4H5NaOS. The van der Waals surface area contributed by atoms with Crippen molar-refractivity contribution in [1.29, 1.82) is 0 Å². The minimum Gasteiger partial charge on any atom is -1.00 e. The number of rotatable bonds is 0. The van der Waals surface area contributed by atoms with Crippen molar-refractivity contribution in [3.63, 3.8) is 0 Å². The molecule has 0 radical (unpaired) electrons. The van der Waals surface area contributed by atoms with Crippen LogP contribution in [-0.4, -0.2) is 5.11 Å². The van der Waals surface area contributed by atoms with E-state index in [0.29, 0.717) is 5.06 Å². The zero-order valence-corrected chi connectivity index (χ0v) is 6.90. The van der Waals surface area contributed by atoms with Crippen molar-refractivity contribution >= 4 is 11.3 Å². The van der Waals surface area contributed by atoms with Gasteiger partial charge in [-0.1, -0.05) is 0 Å². The molecule has 0 aliphatic rings. The summed E-state index contributed by atoms with van der Waals surface area (Å²) in [4.78, 5) is 0. The molecule has 0 spiro atoms. The zero-order valence-electron chi connectivity index (χ0n) is 5.09. The molecule has 0 aromatic carbocycles. The molecule has 1 aromatic heterocycles. The maximum Gasteiger partial charge on any atom is 1.00 e. The van der Waals surface area contributed by atoms with Crippen LogP contribution in [0.4, 0.5) is 0 Å². The van der Waals surface area contributed by atoms with E-state index in [1.165, 1.54) is 11.3 Å². The summed E-state index contributed by atoms with van der Waals surface area (Å²) in [7, 11) is 0. The maximum atomic E-state index is 8.49. The minimum atomic E-state index is 0. The average Bonchev–Trinajstić information content (AvgIpc) is 1.86. The molecule has 1 nitrogen and oxygen atoms in total. The summed E-state index contributed by atoms with van der Waals surface area (Å²) in [6.45, 7) is 0. The van der Waals surface area contributed by atoms with Crippen molar-refractivity contribution in [3.05, 3.63) is 17.5 Å². The van der Waals surface area contributed by atoms with Crippen LogP contribution in [0, 0.1) is 0 Å². The Morgan fingerprint density at radius 1 is 1.71 bits per heavy atom. The minimum absolute atomic E-state index is 0. The Labute approximate surface area is 69.8 Å². The Morgan fingerprint density at radius 3 is 2.57 bits per heavy atom. The molecule has 0 bridgehead atoms. The molecule has 0 aliphatic carbocycles. The van der Waals surface area contributed by atoms with Gasteiger partial charge in [0.25, 0.3) is 0 Å². The molecule has 1 N–H and O–H groups in total. The number of thiophene rings is 1. The fourth-order valence-corrected chi connectivity index (χ4v) is 0.724. The van der Waals surface area contributed by atoms with Crippen LogP contribution in [0.5, 0.6) is 5.06 Å². The topological polar surface area (TPSA) is 20.2 Å². The monoisotopic (exact) mass is 124 g/mol. The molecule has 0 atom stereocenters. The second-order valence-electron chi connectivity index (χ2n) is 0.951. The van der Waals surface area contributed by atoms with Crippen molar-refractivity contribution < 1.29 is 36.1 Å². The predicted molar refractivity (Wildman–Crippen MR) is 27.1 cm³/mol. The van der Waals surface area contributed by atoms with Crippen LogP contribution >= 0.6 is 11.3 Å². The molecule has 0 saturated carbocycles. The third-order valence-electron chi connectivity index (χ3n) is 0.506. The molecule has 0 unspecified atom stereocenters. The van der Waals surface area contributed by atoms with E-state index in [9.17, 15) is 0 Å². The molecule has 3 heteroatoms. The summed E-state index contributed by atoms with van der Waals surface area (Å²) < 4.78 is 0. The van der Waals surface area contributed by atoms with Gasteiger partial charge in [0.15, 0.2) is 5.06 Å². The van der Waals surface area contributed by atoms with Crippen LogP contribution in [0.1, 0.15) is 1.43 Å². The molecule has 7 heavy (non-hydrogen) atoms. The standard InChI is InChI=1S/C4H4OS.Na.H/c5-4-2-1-3-6-4;;/h1-3,5H;;/q;+1;-1. The van der Waals surface area contributed by atoms with Crippen LogP contribution in [-0.2, 0) is 0 Å². The first kappa shape index (κ1) is 7.50. The Bertz CT molecular complexity index is 120. The Kier molecular flexibility index (Phi) is 3.75. The summed E-state index contributed by atoms with van der Waals surface area (Å²) >= 11 is 1.33. The third-order valence-corrected chi connectivity index (χ3v) is 1.18. The van der Waals surface area contributed by atoms with E-state index in [-0.39, 0.29) is 31.0 Å². The van der Waals surface area contributed by atoms with Gasteiger partial charge in [0, 0.05) is 0 Å². The van der Waals surface area contributed by atoms with Gasteiger partial charge in [0.05, 0.1) is 0 Å². The van der Waals surface area contributed by atoms with Crippen molar-refractivity contribution in [2.45, 2.75) is 0 Å². The largest absolute Gasteiger partial charge is 1.00 e. The van der Waals surface area contributed by atoms with E-state index in [4.69, 9.17) is 5.11 Å². The molecule has 0 aliphatic heterocycles. The van der Waals surface area contributed by atoms with Crippen LogP contribution in [0.25, 0.3) is 0 Å². The van der Waals surface area contributed by atoms with E-state index in [2.05, 4.69) is 0 Å². The first-order valence-electron chi connectivity index (χ1n) is 1.62. The maximum absolute atomic E-state index is 8.49. The SMILES string of the molecule is Oc1cccs1.[H-].[Na+]. The molecule has 0 amide bonds. The van der Waals surface area contributed by atoms with Crippen molar-refractivity contribution in [1.82, 2.24) is 0 Å². The summed E-state index contributed by atoms with van der Waals surface area (Å²) in [5.74, 6) is 0. The van der Waals surface area contributed by atoms with Gasteiger partial charge in [0.2, 0.25) is 0 Å². The van der Waals surface area contributed by atoms with Gasteiger partial charge in [-0.25, -0.2) is 0 Å². The Balaban J connectivity index is 0. The Hall–Kier alpha value is 0.500. The second kappa shape index (κ2) is 3.50. The van der Waals surface area contributed by atoms with Crippen molar-refractivity contribution in [2.75, 3.05) is 0 Å². The first-order valence-corrected chi connectivity index (χ1v) is 2.50. The summed E-state index contributed by atoms with van der Waals surface area (Å²) in [5, 5.41) is 10.7. The number of aromatic hydroxyl groups is 1. The normalized spacial score (nSPS) is 7.43. The third kappa shape index (κ3) is 2.34. The molecular weight excluding hydrogens is 119 g/mol. The number of hydrogen-bond acceptors (Lipinski definition) is 2. The summed E-state index contributed by atoms with van der Waals surface area (Å²) in [5.41, 5.74) is 0. The van der Waals surface area contributed by atoms with Crippen molar-refractivity contribution in [2.24, 2.45) is 0 Å². The molecule has 1 rings (SSSR count). The van der Waals surface area contributed by atoms with Gasteiger partial charge >= 0.3 is 29.6 Å². The van der Waals surface area contributed by atoms with E-state index < -0.39 is 0 Å².